The Bertz CT molecular complexity index is 231. The number of piperazine rings is 1. The van der Waals surface area contributed by atoms with E-state index < -0.39 is 0 Å². The van der Waals surface area contributed by atoms with Gasteiger partial charge < -0.3 is 15.0 Å². The maximum absolute atomic E-state index is 12.0. The molecule has 0 bridgehead atoms. The molecule has 1 amide bonds. The second-order valence-corrected chi connectivity index (χ2v) is 4.91. The average Bonchev–Trinajstić information content (AvgIpc) is 2.25. The van der Waals surface area contributed by atoms with E-state index in [-0.39, 0.29) is 5.91 Å². The standard InChI is InChI=1S/C12H24N2O2/c1-9(2)11-7-13-10(3)8-14(11)12(15)5-6-16-4/h9-11,13H,5-8H2,1-4H3. The fourth-order valence-corrected chi connectivity index (χ4v) is 2.14. The van der Waals surface area contributed by atoms with Gasteiger partial charge in [-0.15, -0.1) is 0 Å². The van der Waals surface area contributed by atoms with Gasteiger partial charge in [0.05, 0.1) is 13.0 Å². The Morgan fingerprint density at radius 1 is 1.56 bits per heavy atom. The molecule has 16 heavy (non-hydrogen) atoms. The molecule has 4 nitrogen and oxygen atoms in total. The van der Waals surface area contributed by atoms with Crippen LogP contribution in [0.2, 0.25) is 0 Å². The van der Waals surface area contributed by atoms with Gasteiger partial charge in [-0.1, -0.05) is 13.8 Å². The van der Waals surface area contributed by atoms with Crippen LogP contribution in [0.1, 0.15) is 27.2 Å². The number of rotatable bonds is 4. The van der Waals surface area contributed by atoms with E-state index in [0.717, 1.165) is 13.1 Å². The summed E-state index contributed by atoms with van der Waals surface area (Å²) in [6.07, 6.45) is 0.493. The summed E-state index contributed by atoms with van der Waals surface area (Å²) in [7, 11) is 1.63. The maximum Gasteiger partial charge on any atom is 0.225 e. The number of amides is 1. The van der Waals surface area contributed by atoms with Gasteiger partial charge >= 0.3 is 0 Å². The number of nitrogens with zero attached hydrogens (tertiary/aromatic N) is 1. The van der Waals surface area contributed by atoms with Crippen molar-refractivity contribution in [2.75, 3.05) is 26.8 Å². The first-order valence-electron chi connectivity index (χ1n) is 6.08. The third kappa shape index (κ3) is 3.46. The van der Waals surface area contributed by atoms with Crippen molar-refractivity contribution in [3.63, 3.8) is 0 Å². The predicted molar refractivity (Wildman–Crippen MR) is 64.3 cm³/mol. The molecule has 0 radical (unpaired) electrons. The predicted octanol–water partition coefficient (Wildman–Crippen LogP) is 0.868. The highest BCUT2D eigenvalue weighted by molar-refractivity contribution is 5.76. The number of methoxy groups -OCH3 is 1. The van der Waals surface area contributed by atoms with Gasteiger partial charge in [0, 0.05) is 32.3 Å². The van der Waals surface area contributed by atoms with Crippen molar-refractivity contribution >= 4 is 5.91 Å². The summed E-state index contributed by atoms with van der Waals surface area (Å²) in [5.74, 6) is 0.709. The van der Waals surface area contributed by atoms with Gasteiger partial charge in [-0.2, -0.15) is 0 Å². The monoisotopic (exact) mass is 228 g/mol. The van der Waals surface area contributed by atoms with Gasteiger partial charge in [0.15, 0.2) is 0 Å². The number of carbonyl (C=O) groups is 1. The maximum atomic E-state index is 12.0. The Balaban J connectivity index is 2.59. The van der Waals surface area contributed by atoms with Crippen molar-refractivity contribution in [2.45, 2.75) is 39.3 Å². The van der Waals surface area contributed by atoms with Crippen LogP contribution >= 0.6 is 0 Å². The van der Waals surface area contributed by atoms with Crippen molar-refractivity contribution in [1.29, 1.82) is 0 Å². The lowest BCUT2D eigenvalue weighted by Crippen LogP contribution is -2.59. The van der Waals surface area contributed by atoms with Crippen LogP contribution in [0, 0.1) is 5.92 Å². The van der Waals surface area contributed by atoms with E-state index in [4.69, 9.17) is 4.74 Å². The molecule has 0 saturated carbocycles. The zero-order chi connectivity index (χ0) is 12.1. The molecule has 1 saturated heterocycles. The van der Waals surface area contributed by atoms with E-state index in [2.05, 4.69) is 26.1 Å². The Hall–Kier alpha value is -0.610. The van der Waals surface area contributed by atoms with Crippen LogP contribution in [-0.2, 0) is 9.53 Å². The largest absolute Gasteiger partial charge is 0.384 e. The van der Waals surface area contributed by atoms with E-state index in [1.54, 1.807) is 7.11 Å². The molecule has 2 atom stereocenters. The molecule has 1 aliphatic heterocycles. The Kier molecular flexibility index (Phi) is 5.22. The number of carbonyl (C=O) groups excluding carboxylic acids is 1. The Labute approximate surface area is 98.3 Å². The molecule has 4 heteroatoms. The van der Waals surface area contributed by atoms with Crippen molar-refractivity contribution in [3.8, 4) is 0 Å². The van der Waals surface area contributed by atoms with Gasteiger partial charge in [-0.05, 0) is 12.8 Å². The average molecular weight is 228 g/mol. The fourth-order valence-electron chi connectivity index (χ4n) is 2.14. The SMILES string of the molecule is COCCC(=O)N1CC(C)NCC1C(C)C. The third-order valence-corrected chi connectivity index (χ3v) is 3.16. The summed E-state index contributed by atoms with van der Waals surface area (Å²) in [5.41, 5.74) is 0. The van der Waals surface area contributed by atoms with Gasteiger partial charge in [-0.25, -0.2) is 0 Å². The lowest BCUT2D eigenvalue weighted by atomic mass is 9.98. The van der Waals surface area contributed by atoms with Gasteiger partial charge in [0.25, 0.3) is 0 Å². The molecule has 2 unspecified atom stereocenters. The first-order valence-corrected chi connectivity index (χ1v) is 6.08. The second-order valence-electron chi connectivity index (χ2n) is 4.91. The van der Waals surface area contributed by atoms with Gasteiger partial charge in [0.2, 0.25) is 5.91 Å². The van der Waals surface area contributed by atoms with Crippen molar-refractivity contribution in [3.05, 3.63) is 0 Å². The Morgan fingerprint density at radius 3 is 2.81 bits per heavy atom. The van der Waals surface area contributed by atoms with E-state index in [9.17, 15) is 4.79 Å². The number of hydrogen-bond donors (Lipinski definition) is 1. The highest BCUT2D eigenvalue weighted by Gasteiger charge is 2.30. The summed E-state index contributed by atoms with van der Waals surface area (Å²) >= 11 is 0. The Morgan fingerprint density at radius 2 is 2.25 bits per heavy atom. The van der Waals surface area contributed by atoms with Crippen LogP contribution in [0.25, 0.3) is 0 Å². The first-order chi connectivity index (χ1) is 7.56. The quantitative estimate of drug-likeness (QED) is 0.776. The molecule has 94 valence electrons. The van der Waals surface area contributed by atoms with Crippen molar-refractivity contribution in [2.24, 2.45) is 5.92 Å². The molecular formula is C12H24N2O2. The highest BCUT2D eigenvalue weighted by atomic mass is 16.5. The fraction of sp³-hybridized carbons (Fsp3) is 0.917. The smallest absolute Gasteiger partial charge is 0.225 e. The van der Waals surface area contributed by atoms with Crippen LogP contribution in [-0.4, -0.2) is 49.7 Å². The van der Waals surface area contributed by atoms with Gasteiger partial charge in [-0.3, -0.25) is 4.79 Å². The van der Waals surface area contributed by atoms with Crippen molar-refractivity contribution in [1.82, 2.24) is 10.2 Å². The highest BCUT2D eigenvalue weighted by Crippen LogP contribution is 2.16. The molecule has 1 heterocycles. The lowest BCUT2D eigenvalue weighted by molar-refractivity contribution is -0.137. The normalized spacial score (nSPS) is 26.2. The van der Waals surface area contributed by atoms with Crippen molar-refractivity contribution < 1.29 is 9.53 Å². The van der Waals surface area contributed by atoms with Crippen LogP contribution < -0.4 is 5.32 Å². The van der Waals surface area contributed by atoms with Gasteiger partial charge in [0.1, 0.15) is 0 Å². The topological polar surface area (TPSA) is 41.6 Å². The zero-order valence-corrected chi connectivity index (χ0v) is 10.8. The second kappa shape index (κ2) is 6.21. The van der Waals surface area contributed by atoms with Crippen LogP contribution in [0.15, 0.2) is 0 Å². The molecule has 0 aliphatic carbocycles. The number of nitrogens with one attached hydrogen (secondary N) is 1. The van der Waals surface area contributed by atoms with E-state index in [0.29, 0.717) is 31.0 Å². The number of hydrogen-bond acceptors (Lipinski definition) is 3. The molecule has 0 aromatic heterocycles. The molecular weight excluding hydrogens is 204 g/mol. The molecule has 1 rings (SSSR count). The minimum atomic E-state index is 0.217. The van der Waals surface area contributed by atoms with E-state index in [1.807, 2.05) is 4.90 Å². The zero-order valence-electron chi connectivity index (χ0n) is 10.8. The molecule has 1 fully saturated rings. The summed E-state index contributed by atoms with van der Waals surface area (Å²) in [6.45, 7) is 8.68. The molecule has 0 spiro atoms. The first kappa shape index (κ1) is 13.5. The third-order valence-electron chi connectivity index (χ3n) is 3.16. The molecule has 0 aromatic carbocycles. The van der Waals surface area contributed by atoms with Crippen LogP contribution in [0.4, 0.5) is 0 Å². The summed E-state index contributed by atoms with van der Waals surface area (Å²) in [4.78, 5) is 14.1. The van der Waals surface area contributed by atoms with E-state index >= 15 is 0 Å². The summed E-state index contributed by atoms with van der Waals surface area (Å²) < 4.78 is 4.96. The molecule has 1 N–H and O–H groups in total. The lowest BCUT2D eigenvalue weighted by Gasteiger charge is -2.41. The summed E-state index contributed by atoms with van der Waals surface area (Å²) in [6, 6.07) is 0.710. The van der Waals surface area contributed by atoms with E-state index in [1.165, 1.54) is 0 Å². The van der Waals surface area contributed by atoms with Crippen LogP contribution in [0.5, 0.6) is 0 Å². The minimum Gasteiger partial charge on any atom is -0.384 e. The molecule has 1 aliphatic rings. The van der Waals surface area contributed by atoms with Crippen LogP contribution in [0.3, 0.4) is 0 Å². The number of ether oxygens (including phenoxy) is 1. The minimum absolute atomic E-state index is 0.217. The summed E-state index contributed by atoms with van der Waals surface area (Å²) in [5, 5.41) is 3.43. The molecule has 0 aromatic rings.